The predicted octanol–water partition coefficient (Wildman–Crippen LogP) is 0.645. The Bertz CT molecular complexity index is 738. The van der Waals surface area contributed by atoms with E-state index in [2.05, 4.69) is 4.90 Å². The van der Waals surface area contributed by atoms with Crippen LogP contribution in [0.2, 0.25) is 0 Å². The van der Waals surface area contributed by atoms with Gasteiger partial charge in [0, 0.05) is 38.3 Å². The molecule has 2 aromatic rings. The number of likely N-dealkylation sites (tertiary alicyclic amines) is 1. The zero-order valence-corrected chi connectivity index (χ0v) is 13.4. The van der Waals surface area contributed by atoms with Crippen molar-refractivity contribution in [2.24, 2.45) is 7.05 Å². The molecule has 1 aliphatic rings. The van der Waals surface area contributed by atoms with Crippen LogP contribution in [0.5, 0.6) is 0 Å². The van der Waals surface area contributed by atoms with Crippen LogP contribution in [0.15, 0.2) is 35.1 Å². The van der Waals surface area contributed by atoms with Gasteiger partial charge in [0.1, 0.15) is 0 Å². The molecule has 0 radical (unpaired) electrons. The number of β-amino-alcohol motifs (C(OH)–C–C–N with tert-alkyl or cyclic N) is 1. The molecule has 1 aliphatic heterocycles. The highest BCUT2D eigenvalue weighted by Gasteiger charge is 2.32. The molecule has 1 aromatic heterocycles. The first-order valence-electron chi connectivity index (χ1n) is 7.62. The maximum Gasteiger partial charge on any atom is 0.255 e. The lowest BCUT2D eigenvalue weighted by molar-refractivity contribution is 0.112. The van der Waals surface area contributed by atoms with E-state index in [0.29, 0.717) is 13.1 Å². The zero-order chi connectivity index (χ0) is 15.9. The van der Waals surface area contributed by atoms with Gasteiger partial charge in [-0.3, -0.25) is 9.69 Å². The number of nitrogens with zero attached hydrogens (tertiary/aromatic N) is 3. The minimum absolute atomic E-state index is 0.0430. The minimum atomic E-state index is -0.362. The molecule has 1 fully saturated rings. The van der Waals surface area contributed by atoms with E-state index in [-0.39, 0.29) is 17.7 Å². The van der Waals surface area contributed by atoms with Crippen molar-refractivity contribution in [1.29, 1.82) is 0 Å². The van der Waals surface area contributed by atoms with Crippen LogP contribution >= 0.6 is 0 Å². The fourth-order valence-electron chi connectivity index (χ4n) is 3.33. The van der Waals surface area contributed by atoms with E-state index >= 15 is 0 Å². The Morgan fingerprint density at radius 1 is 1.27 bits per heavy atom. The van der Waals surface area contributed by atoms with Gasteiger partial charge in [0.2, 0.25) is 0 Å². The summed E-state index contributed by atoms with van der Waals surface area (Å²) in [5.74, 6) is 0. The number of aromatic nitrogens is 1. The van der Waals surface area contributed by atoms with Crippen molar-refractivity contribution in [3.05, 3.63) is 46.2 Å². The average Bonchev–Trinajstić information content (AvgIpc) is 2.85. The van der Waals surface area contributed by atoms with E-state index in [1.54, 1.807) is 4.57 Å². The molecule has 0 spiro atoms. The van der Waals surface area contributed by atoms with Gasteiger partial charge >= 0.3 is 0 Å². The summed E-state index contributed by atoms with van der Waals surface area (Å²) in [4.78, 5) is 16.7. The topological polar surface area (TPSA) is 48.7 Å². The van der Waals surface area contributed by atoms with E-state index in [4.69, 9.17) is 0 Å². The first kappa shape index (κ1) is 15.2. The first-order valence-corrected chi connectivity index (χ1v) is 7.62. The molecule has 1 saturated heterocycles. The normalized spacial score (nSPS) is 22.8. The molecule has 0 saturated carbocycles. The molecule has 0 unspecified atom stereocenters. The van der Waals surface area contributed by atoms with E-state index in [1.807, 2.05) is 56.4 Å². The summed E-state index contributed by atoms with van der Waals surface area (Å²) in [5.41, 5.74) is 1.78. The number of fused-ring (bicyclic) bond motifs is 1. The lowest BCUT2D eigenvalue weighted by Gasteiger charge is -2.21. The number of hydrogen-bond acceptors (Lipinski definition) is 4. The molecule has 0 aliphatic carbocycles. The van der Waals surface area contributed by atoms with Crippen molar-refractivity contribution in [3.8, 4) is 0 Å². The fourth-order valence-corrected chi connectivity index (χ4v) is 3.33. The molecule has 1 N–H and O–H groups in total. The van der Waals surface area contributed by atoms with Gasteiger partial charge in [-0.25, -0.2) is 0 Å². The van der Waals surface area contributed by atoms with Crippen molar-refractivity contribution < 1.29 is 5.11 Å². The monoisotopic (exact) mass is 301 g/mol. The summed E-state index contributed by atoms with van der Waals surface area (Å²) in [6.07, 6.45) is -0.362. The predicted molar refractivity (Wildman–Crippen MR) is 87.9 cm³/mol. The van der Waals surface area contributed by atoms with Crippen LogP contribution in [0.4, 0.5) is 0 Å². The maximum atomic E-state index is 12.5. The third kappa shape index (κ3) is 2.67. The summed E-state index contributed by atoms with van der Waals surface area (Å²) < 4.78 is 1.71. The van der Waals surface area contributed by atoms with Gasteiger partial charge < -0.3 is 14.6 Å². The van der Waals surface area contributed by atoms with E-state index < -0.39 is 0 Å². The Morgan fingerprint density at radius 2 is 2.00 bits per heavy atom. The molecular formula is C17H23N3O2. The number of hydrogen-bond donors (Lipinski definition) is 1. The maximum absolute atomic E-state index is 12.5. The van der Waals surface area contributed by atoms with Crippen LogP contribution in [0.25, 0.3) is 10.9 Å². The second-order valence-electron chi connectivity index (χ2n) is 6.38. The number of rotatable bonds is 3. The molecule has 0 bridgehead atoms. The molecule has 5 heteroatoms. The Hall–Kier alpha value is -1.69. The quantitative estimate of drug-likeness (QED) is 0.904. The number of likely N-dealkylation sites (N-methyl/N-ethyl adjacent to an activating group) is 1. The van der Waals surface area contributed by atoms with Crippen molar-refractivity contribution in [1.82, 2.24) is 14.4 Å². The number of benzene rings is 1. The molecule has 118 valence electrons. The van der Waals surface area contributed by atoms with Crippen LogP contribution in [0, 0.1) is 0 Å². The SMILES string of the molecule is CN(C)[C@H]1CN(Cc2cc3ccccc3n(C)c2=O)C[C@@H]1O. The summed E-state index contributed by atoms with van der Waals surface area (Å²) in [7, 11) is 5.77. The standard InChI is InChI=1S/C17H23N3O2/c1-18(2)15-10-20(11-16(15)21)9-13-8-12-6-4-5-7-14(12)19(3)17(13)22/h4-8,15-16,21H,9-11H2,1-3H3/t15-,16-/m0/s1. The van der Waals surface area contributed by atoms with Crippen LogP contribution in [0.3, 0.4) is 0 Å². The van der Waals surface area contributed by atoms with Gasteiger partial charge in [0.05, 0.1) is 11.6 Å². The third-order valence-corrected chi connectivity index (χ3v) is 4.60. The van der Waals surface area contributed by atoms with Gasteiger partial charge in [-0.2, -0.15) is 0 Å². The van der Waals surface area contributed by atoms with Crippen molar-refractivity contribution >= 4 is 10.9 Å². The molecule has 2 atom stereocenters. The van der Waals surface area contributed by atoms with Crippen LogP contribution in [-0.2, 0) is 13.6 Å². The van der Waals surface area contributed by atoms with Crippen molar-refractivity contribution in [2.45, 2.75) is 18.7 Å². The van der Waals surface area contributed by atoms with Gasteiger partial charge in [0.25, 0.3) is 5.56 Å². The largest absolute Gasteiger partial charge is 0.390 e. The van der Waals surface area contributed by atoms with Crippen LogP contribution in [0.1, 0.15) is 5.56 Å². The van der Waals surface area contributed by atoms with Crippen molar-refractivity contribution in [3.63, 3.8) is 0 Å². The highest BCUT2D eigenvalue weighted by atomic mass is 16.3. The molecule has 1 aromatic carbocycles. The van der Waals surface area contributed by atoms with Gasteiger partial charge in [-0.1, -0.05) is 18.2 Å². The van der Waals surface area contributed by atoms with Gasteiger partial charge in [0.15, 0.2) is 0 Å². The summed E-state index contributed by atoms with van der Waals surface area (Å²) >= 11 is 0. The van der Waals surface area contributed by atoms with E-state index in [9.17, 15) is 9.90 Å². The Kier molecular flexibility index (Phi) is 4.04. The number of aliphatic hydroxyl groups excluding tert-OH is 1. The molecule has 22 heavy (non-hydrogen) atoms. The number of aryl methyl sites for hydroxylation is 1. The lowest BCUT2D eigenvalue weighted by atomic mass is 10.1. The fraction of sp³-hybridized carbons (Fsp3) is 0.471. The molecule has 0 amide bonds. The zero-order valence-electron chi connectivity index (χ0n) is 13.4. The summed E-state index contributed by atoms with van der Waals surface area (Å²) in [5, 5.41) is 11.2. The smallest absolute Gasteiger partial charge is 0.255 e. The van der Waals surface area contributed by atoms with Crippen molar-refractivity contribution in [2.75, 3.05) is 27.2 Å². The Labute approximate surface area is 130 Å². The van der Waals surface area contributed by atoms with E-state index in [1.165, 1.54) is 0 Å². The van der Waals surface area contributed by atoms with E-state index in [0.717, 1.165) is 23.0 Å². The lowest BCUT2D eigenvalue weighted by Crippen LogP contribution is -2.38. The molecule has 2 heterocycles. The average molecular weight is 301 g/mol. The number of para-hydroxylation sites is 1. The highest BCUT2D eigenvalue weighted by molar-refractivity contribution is 5.79. The first-order chi connectivity index (χ1) is 10.5. The summed E-state index contributed by atoms with van der Waals surface area (Å²) in [6, 6.07) is 10.0. The number of aliphatic hydroxyl groups is 1. The van der Waals surface area contributed by atoms with Gasteiger partial charge in [-0.05, 0) is 31.6 Å². The molecule has 5 nitrogen and oxygen atoms in total. The minimum Gasteiger partial charge on any atom is -0.390 e. The summed E-state index contributed by atoms with van der Waals surface area (Å²) in [6.45, 7) is 1.97. The third-order valence-electron chi connectivity index (χ3n) is 4.60. The molecular weight excluding hydrogens is 278 g/mol. The van der Waals surface area contributed by atoms with Crippen LogP contribution in [-0.4, -0.2) is 58.8 Å². The second kappa shape index (κ2) is 5.83. The number of pyridine rings is 1. The Morgan fingerprint density at radius 3 is 2.68 bits per heavy atom. The second-order valence-corrected chi connectivity index (χ2v) is 6.38. The van der Waals surface area contributed by atoms with Gasteiger partial charge in [-0.15, -0.1) is 0 Å². The Balaban J connectivity index is 1.89. The molecule has 3 rings (SSSR count). The van der Waals surface area contributed by atoms with Crippen LogP contribution < -0.4 is 5.56 Å². The highest BCUT2D eigenvalue weighted by Crippen LogP contribution is 2.18.